The van der Waals surface area contributed by atoms with E-state index in [2.05, 4.69) is 4.98 Å². The van der Waals surface area contributed by atoms with Gasteiger partial charge in [-0.05, 0) is 34.2 Å². The SMILES string of the molecule is N#Cc1c(C(F)F)ncc(C(=O)Cl)c1I. The van der Waals surface area contributed by atoms with Gasteiger partial charge >= 0.3 is 0 Å². The molecule has 1 heterocycles. The molecule has 15 heavy (non-hydrogen) atoms. The summed E-state index contributed by atoms with van der Waals surface area (Å²) in [6.45, 7) is 0. The van der Waals surface area contributed by atoms with Crippen molar-refractivity contribution in [2.75, 3.05) is 0 Å². The summed E-state index contributed by atoms with van der Waals surface area (Å²) in [7, 11) is 0. The molecule has 78 valence electrons. The van der Waals surface area contributed by atoms with E-state index in [1.807, 2.05) is 0 Å². The van der Waals surface area contributed by atoms with Crippen molar-refractivity contribution in [3.8, 4) is 6.07 Å². The third-order valence-corrected chi connectivity index (χ3v) is 2.90. The molecule has 1 aromatic heterocycles. The quantitative estimate of drug-likeness (QED) is 0.613. The van der Waals surface area contributed by atoms with Crippen molar-refractivity contribution in [1.29, 1.82) is 5.26 Å². The van der Waals surface area contributed by atoms with E-state index in [1.165, 1.54) is 0 Å². The number of halogens is 4. The second-order valence-corrected chi connectivity index (χ2v) is 3.85. The predicted octanol–water partition coefficient (Wildman–Crippen LogP) is 2.87. The maximum Gasteiger partial charge on any atom is 0.281 e. The minimum atomic E-state index is -2.85. The van der Waals surface area contributed by atoms with Gasteiger partial charge in [0.1, 0.15) is 11.8 Å². The molecule has 0 spiro atoms. The number of nitriles is 1. The number of hydrogen-bond donors (Lipinski definition) is 0. The molecule has 1 rings (SSSR count). The lowest BCUT2D eigenvalue weighted by Gasteiger charge is -2.05. The maximum absolute atomic E-state index is 12.4. The number of rotatable bonds is 2. The van der Waals surface area contributed by atoms with Gasteiger partial charge < -0.3 is 0 Å². The first-order valence-electron chi connectivity index (χ1n) is 3.55. The van der Waals surface area contributed by atoms with Crippen LogP contribution >= 0.6 is 34.2 Å². The summed E-state index contributed by atoms with van der Waals surface area (Å²) < 4.78 is 24.9. The highest BCUT2D eigenvalue weighted by molar-refractivity contribution is 14.1. The van der Waals surface area contributed by atoms with Crippen LogP contribution in [0.3, 0.4) is 0 Å². The predicted molar refractivity (Wildman–Crippen MR) is 56.8 cm³/mol. The average Bonchev–Trinajstić information content (AvgIpc) is 2.16. The molecule has 0 radical (unpaired) electrons. The molecule has 0 aliphatic heterocycles. The molecule has 0 aliphatic carbocycles. The molecule has 0 saturated carbocycles. The number of aromatic nitrogens is 1. The molecule has 0 fully saturated rings. The maximum atomic E-state index is 12.4. The largest absolute Gasteiger partial charge is 0.281 e. The first-order chi connectivity index (χ1) is 6.99. The van der Waals surface area contributed by atoms with E-state index >= 15 is 0 Å². The highest BCUT2D eigenvalue weighted by Gasteiger charge is 2.21. The van der Waals surface area contributed by atoms with Gasteiger partial charge in [-0.3, -0.25) is 9.78 Å². The van der Waals surface area contributed by atoms with Gasteiger partial charge in [-0.15, -0.1) is 0 Å². The van der Waals surface area contributed by atoms with E-state index in [0.717, 1.165) is 6.20 Å². The summed E-state index contributed by atoms with van der Waals surface area (Å²) >= 11 is 6.80. The average molecular weight is 342 g/mol. The molecule has 3 nitrogen and oxygen atoms in total. The van der Waals surface area contributed by atoms with Crippen LogP contribution in [0.1, 0.15) is 28.0 Å². The second kappa shape index (κ2) is 4.81. The van der Waals surface area contributed by atoms with Gasteiger partial charge in [0.25, 0.3) is 11.7 Å². The fourth-order valence-electron chi connectivity index (χ4n) is 0.911. The Hall–Kier alpha value is -0.810. The van der Waals surface area contributed by atoms with Crippen LogP contribution in [0.2, 0.25) is 0 Å². The van der Waals surface area contributed by atoms with E-state index in [0.29, 0.717) is 0 Å². The molecular weight excluding hydrogens is 340 g/mol. The number of carbonyl (C=O) groups is 1. The molecule has 0 amide bonds. The van der Waals surface area contributed by atoms with Gasteiger partial charge in [0.2, 0.25) is 0 Å². The van der Waals surface area contributed by atoms with Crippen molar-refractivity contribution in [3.05, 3.63) is 26.6 Å². The van der Waals surface area contributed by atoms with E-state index in [4.69, 9.17) is 16.9 Å². The third kappa shape index (κ3) is 2.41. The zero-order chi connectivity index (χ0) is 11.6. The summed E-state index contributed by atoms with van der Waals surface area (Å²) in [5.41, 5.74) is -0.987. The van der Waals surface area contributed by atoms with Crippen LogP contribution < -0.4 is 0 Å². The van der Waals surface area contributed by atoms with Crippen molar-refractivity contribution >= 4 is 39.4 Å². The number of pyridine rings is 1. The van der Waals surface area contributed by atoms with Gasteiger partial charge in [-0.1, -0.05) is 0 Å². The molecule has 0 bridgehead atoms. The smallest absolute Gasteiger partial charge is 0.276 e. The molecule has 0 aliphatic rings. The molecule has 1 aromatic rings. The summed E-state index contributed by atoms with van der Waals surface area (Å²) in [5.74, 6) is 0. The Morgan fingerprint density at radius 2 is 2.27 bits per heavy atom. The lowest BCUT2D eigenvalue weighted by molar-refractivity contribution is 0.107. The molecule has 0 aromatic carbocycles. The Labute approximate surface area is 102 Å². The highest BCUT2D eigenvalue weighted by atomic mass is 127. The molecular formula is C8H2ClF2IN2O. The number of nitrogens with zero attached hydrogens (tertiary/aromatic N) is 2. The Balaban J connectivity index is 3.48. The van der Waals surface area contributed by atoms with Crippen molar-refractivity contribution in [2.24, 2.45) is 0 Å². The Morgan fingerprint density at radius 1 is 1.67 bits per heavy atom. The summed E-state index contributed by atoms with van der Waals surface area (Å²) in [6.07, 6.45) is -1.91. The third-order valence-electron chi connectivity index (χ3n) is 1.58. The first kappa shape index (κ1) is 12.3. The van der Waals surface area contributed by atoms with Crippen LogP contribution in [0.5, 0.6) is 0 Å². The van der Waals surface area contributed by atoms with Crippen molar-refractivity contribution < 1.29 is 13.6 Å². The normalized spacial score (nSPS) is 10.1. The monoisotopic (exact) mass is 342 g/mol. The van der Waals surface area contributed by atoms with E-state index in [1.54, 1.807) is 28.7 Å². The van der Waals surface area contributed by atoms with E-state index in [9.17, 15) is 13.6 Å². The standard InChI is InChI=1S/C8H2ClF2IN2O/c9-7(15)4-2-14-6(8(10)11)3(1-13)5(4)12/h2,8H. The lowest BCUT2D eigenvalue weighted by Crippen LogP contribution is -2.04. The zero-order valence-electron chi connectivity index (χ0n) is 6.97. The molecule has 7 heteroatoms. The second-order valence-electron chi connectivity index (χ2n) is 2.43. The van der Waals surface area contributed by atoms with Crippen LogP contribution in [0.4, 0.5) is 8.78 Å². The Bertz CT molecular complexity index is 459. The van der Waals surface area contributed by atoms with Crippen LogP contribution in [0.15, 0.2) is 6.20 Å². The summed E-state index contributed by atoms with van der Waals surface area (Å²) in [6, 6.07) is 1.58. The van der Waals surface area contributed by atoms with Crippen LogP contribution in [0, 0.1) is 14.9 Å². The van der Waals surface area contributed by atoms with E-state index in [-0.39, 0.29) is 14.7 Å². The van der Waals surface area contributed by atoms with Crippen LogP contribution in [-0.4, -0.2) is 10.2 Å². The van der Waals surface area contributed by atoms with Gasteiger partial charge in [0, 0.05) is 9.77 Å². The fourth-order valence-corrected chi connectivity index (χ4v) is 2.00. The Kier molecular flexibility index (Phi) is 3.93. The summed E-state index contributed by atoms with van der Waals surface area (Å²) in [4.78, 5) is 14.2. The van der Waals surface area contributed by atoms with Crippen molar-refractivity contribution in [2.45, 2.75) is 6.43 Å². The fraction of sp³-hybridized carbons (Fsp3) is 0.125. The van der Waals surface area contributed by atoms with Gasteiger partial charge in [-0.25, -0.2) is 8.78 Å². The summed E-state index contributed by atoms with van der Waals surface area (Å²) in [5, 5.41) is 7.84. The number of carbonyl (C=O) groups excluding carboxylic acids is 1. The first-order valence-corrected chi connectivity index (χ1v) is 5.01. The van der Waals surface area contributed by atoms with Crippen LogP contribution in [0.25, 0.3) is 0 Å². The Morgan fingerprint density at radius 3 is 2.67 bits per heavy atom. The van der Waals surface area contributed by atoms with Gasteiger partial charge in [0.15, 0.2) is 0 Å². The molecule has 0 atom stereocenters. The van der Waals surface area contributed by atoms with Crippen molar-refractivity contribution in [1.82, 2.24) is 4.98 Å². The number of alkyl halides is 2. The molecule has 0 unspecified atom stereocenters. The minimum Gasteiger partial charge on any atom is -0.276 e. The lowest BCUT2D eigenvalue weighted by atomic mass is 10.1. The van der Waals surface area contributed by atoms with Gasteiger partial charge in [-0.2, -0.15) is 5.26 Å². The topological polar surface area (TPSA) is 53.8 Å². The number of hydrogen-bond acceptors (Lipinski definition) is 3. The minimum absolute atomic E-state index is 0.0433. The van der Waals surface area contributed by atoms with Crippen LogP contribution in [-0.2, 0) is 0 Å². The van der Waals surface area contributed by atoms with Gasteiger partial charge in [0.05, 0.1) is 11.1 Å². The van der Waals surface area contributed by atoms with Crippen molar-refractivity contribution in [3.63, 3.8) is 0 Å². The molecule has 0 N–H and O–H groups in total. The zero-order valence-corrected chi connectivity index (χ0v) is 9.88. The molecule has 0 saturated heterocycles. The van der Waals surface area contributed by atoms with E-state index < -0.39 is 17.4 Å². The highest BCUT2D eigenvalue weighted by Crippen LogP contribution is 2.26.